The normalized spacial score (nSPS) is 12.0. The van der Waals surface area contributed by atoms with Gasteiger partial charge in [-0.2, -0.15) is 18.4 Å². The molecule has 0 heterocycles. The van der Waals surface area contributed by atoms with Crippen LogP contribution in [0, 0.1) is 11.3 Å². The van der Waals surface area contributed by atoms with E-state index >= 15 is 0 Å². The molecule has 0 aliphatic carbocycles. The summed E-state index contributed by atoms with van der Waals surface area (Å²) in [6, 6.07) is 4.67. The summed E-state index contributed by atoms with van der Waals surface area (Å²) in [6.07, 6.45) is -3.42. The number of nitrogens with one attached hydrogen (secondary N) is 2. The van der Waals surface area contributed by atoms with Crippen LogP contribution in [0.15, 0.2) is 30.0 Å². The van der Waals surface area contributed by atoms with Gasteiger partial charge in [0, 0.05) is 25.0 Å². The van der Waals surface area contributed by atoms with Crippen LogP contribution in [0.1, 0.15) is 5.56 Å². The molecule has 24 heavy (non-hydrogen) atoms. The lowest BCUT2D eigenvalue weighted by Crippen LogP contribution is -2.24. The first-order valence-electron chi connectivity index (χ1n) is 6.81. The van der Waals surface area contributed by atoms with E-state index in [2.05, 4.69) is 10.6 Å². The smallest absolute Gasteiger partial charge is 0.388 e. The van der Waals surface area contributed by atoms with Crippen molar-refractivity contribution < 1.29 is 18.0 Å². The van der Waals surface area contributed by atoms with Crippen molar-refractivity contribution in [3.8, 4) is 6.07 Å². The highest BCUT2D eigenvalue weighted by molar-refractivity contribution is 6.31. The largest absolute Gasteiger partial charge is 0.417 e. The zero-order chi connectivity index (χ0) is 18.3. The van der Waals surface area contributed by atoms with Crippen LogP contribution in [0.4, 0.5) is 18.9 Å². The first kappa shape index (κ1) is 19.8. The molecule has 0 fully saturated rings. The molecule has 1 rings (SSSR count). The number of likely N-dealkylation sites (N-methyl/N-ethyl adjacent to an activating group) is 1. The van der Waals surface area contributed by atoms with Crippen LogP contribution in [-0.4, -0.2) is 38.0 Å². The molecule has 1 aromatic rings. The maximum absolute atomic E-state index is 12.8. The fraction of sp³-hybridized carbons (Fsp3) is 0.333. The van der Waals surface area contributed by atoms with E-state index in [0.29, 0.717) is 19.2 Å². The van der Waals surface area contributed by atoms with E-state index in [1.165, 1.54) is 12.3 Å². The van der Waals surface area contributed by atoms with Crippen molar-refractivity contribution in [1.29, 1.82) is 5.26 Å². The Labute approximate surface area is 142 Å². The van der Waals surface area contributed by atoms with E-state index in [-0.39, 0.29) is 11.3 Å². The molecule has 0 spiro atoms. The Balaban J connectivity index is 2.82. The van der Waals surface area contributed by atoms with E-state index in [0.717, 1.165) is 6.07 Å². The molecule has 0 aliphatic rings. The second kappa shape index (κ2) is 8.57. The number of benzene rings is 1. The van der Waals surface area contributed by atoms with Crippen molar-refractivity contribution in [2.45, 2.75) is 6.18 Å². The molecule has 1 amide bonds. The molecule has 0 saturated heterocycles. The van der Waals surface area contributed by atoms with E-state index < -0.39 is 22.7 Å². The summed E-state index contributed by atoms with van der Waals surface area (Å²) in [5, 5.41) is 13.5. The summed E-state index contributed by atoms with van der Waals surface area (Å²) in [7, 11) is 3.73. The summed E-state index contributed by atoms with van der Waals surface area (Å²) in [6.45, 7) is 1.19. The molecule has 0 radical (unpaired) electrons. The third-order valence-electron chi connectivity index (χ3n) is 2.84. The highest BCUT2D eigenvalue weighted by Gasteiger charge is 2.33. The maximum atomic E-state index is 12.8. The number of hydrogen-bond acceptors (Lipinski definition) is 4. The molecule has 0 aromatic heterocycles. The Bertz CT molecular complexity index is 666. The predicted octanol–water partition coefficient (Wildman–Crippen LogP) is 2.86. The number of hydrogen-bond donors (Lipinski definition) is 2. The van der Waals surface area contributed by atoms with Crippen molar-refractivity contribution >= 4 is 23.2 Å². The predicted molar refractivity (Wildman–Crippen MR) is 85.3 cm³/mol. The van der Waals surface area contributed by atoms with Gasteiger partial charge in [-0.25, -0.2) is 0 Å². The lowest BCUT2D eigenvalue weighted by atomic mass is 10.2. The third-order valence-corrected chi connectivity index (χ3v) is 3.17. The van der Waals surface area contributed by atoms with Crippen LogP contribution in [0.5, 0.6) is 0 Å². The van der Waals surface area contributed by atoms with Crippen molar-refractivity contribution in [2.75, 3.05) is 32.5 Å². The first-order valence-corrected chi connectivity index (χ1v) is 7.19. The van der Waals surface area contributed by atoms with E-state index in [1.54, 1.807) is 6.07 Å². The average molecular weight is 361 g/mol. The Kier molecular flexibility index (Phi) is 7.07. The Morgan fingerprint density at radius 1 is 1.42 bits per heavy atom. The number of alkyl halides is 3. The van der Waals surface area contributed by atoms with Gasteiger partial charge in [-0.1, -0.05) is 11.6 Å². The summed E-state index contributed by atoms with van der Waals surface area (Å²) >= 11 is 5.51. The van der Waals surface area contributed by atoms with E-state index in [1.807, 2.05) is 19.0 Å². The molecular formula is C15H16ClF3N4O. The number of rotatable bonds is 6. The molecule has 1 aromatic carbocycles. The number of amides is 1. The molecule has 0 atom stereocenters. The molecule has 2 N–H and O–H groups in total. The van der Waals surface area contributed by atoms with Crippen LogP contribution in [0.3, 0.4) is 0 Å². The SMILES string of the molecule is CN(C)CCN/C=C(/C#N)C(=O)Nc1ccc(Cl)c(C(F)(F)F)c1. The second-order valence-electron chi connectivity index (χ2n) is 5.07. The fourth-order valence-corrected chi connectivity index (χ4v) is 1.85. The monoisotopic (exact) mass is 360 g/mol. The Morgan fingerprint density at radius 2 is 2.08 bits per heavy atom. The van der Waals surface area contributed by atoms with Gasteiger partial charge in [0.1, 0.15) is 11.6 Å². The highest BCUT2D eigenvalue weighted by atomic mass is 35.5. The molecule has 9 heteroatoms. The summed E-state index contributed by atoms with van der Waals surface area (Å²) in [5.74, 6) is -0.815. The van der Waals surface area contributed by atoms with Crippen molar-refractivity contribution in [3.63, 3.8) is 0 Å². The quantitative estimate of drug-likeness (QED) is 0.465. The number of carbonyl (C=O) groups is 1. The molecule has 0 saturated carbocycles. The van der Waals surface area contributed by atoms with Crippen LogP contribution in [0.25, 0.3) is 0 Å². The molecular weight excluding hydrogens is 345 g/mol. The summed E-state index contributed by atoms with van der Waals surface area (Å²) in [4.78, 5) is 13.9. The van der Waals surface area contributed by atoms with E-state index in [9.17, 15) is 18.0 Å². The maximum Gasteiger partial charge on any atom is 0.417 e. The lowest BCUT2D eigenvalue weighted by Gasteiger charge is -2.12. The van der Waals surface area contributed by atoms with Crippen LogP contribution in [-0.2, 0) is 11.0 Å². The van der Waals surface area contributed by atoms with Crippen molar-refractivity contribution in [2.24, 2.45) is 0 Å². The highest BCUT2D eigenvalue weighted by Crippen LogP contribution is 2.36. The molecule has 0 aliphatic heterocycles. The number of carbonyl (C=O) groups excluding carboxylic acids is 1. The van der Waals surface area contributed by atoms with Gasteiger partial charge >= 0.3 is 6.18 Å². The number of halogens is 4. The topological polar surface area (TPSA) is 68.2 Å². The van der Waals surface area contributed by atoms with Gasteiger partial charge in [0.15, 0.2) is 0 Å². The molecule has 130 valence electrons. The number of anilines is 1. The van der Waals surface area contributed by atoms with Gasteiger partial charge in [0.2, 0.25) is 0 Å². The third kappa shape index (κ3) is 6.10. The molecule has 0 unspecified atom stereocenters. The van der Waals surface area contributed by atoms with Gasteiger partial charge in [-0.05, 0) is 32.3 Å². The van der Waals surface area contributed by atoms with E-state index in [4.69, 9.17) is 16.9 Å². The number of nitriles is 1. The van der Waals surface area contributed by atoms with Crippen LogP contribution < -0.4 is 10.6 Å². The molecule has 5 nitrogen and oxygen atoms in total. The minimum absolute atomic E-state index is 0.105. The average Bonchev–Trinajstić information content (AvgIpc) is 2.47. The van der Waals surface area contributed by atoms with Gasteiger partial charge < -0.3 is 15.5 Å². The Morgan fingerprint density at radius 3 is 2.62 bits per heavy atom. The Hall–Kier alpha value is -2.24. The van der Waals surface area contributed by atoms with Crippen LogP contribution in [0.2, 0.25) is 5.02 Å². The van der Waals surface area contributed by atoms with Crippen LogP contribution >= 0.6 is 11.6 Å². The van der Waals surface area contributed by atoms with Crippen molar-refractivity contribution in [3.05, 3.63) is 40.6 Å². The lowest BCUT2D eigenvalue weighted by molar-refractivity contribution is -0.137. The zero-order valence-corrected chi connectivity index (χ0v) is 13.8. The van der Waals surface area contributed by atoms with Gasteiger partial charge in [-0.15, -0.1) is 0 Å². The summed E-state index contributed by atoms with van der Waals surface area (Å²) < 4.78 is 38.4. The van der Waals surface area contributed by atoms with Gasteiger partial charge in [-0.3, -0.25) is 4.79 Å². The standard InChI is InChI=1S/C15H16ClF3N4O/c1-23(2)6-5-21-9-10(8-20)14(24)22-11-3-4-13(16)12(7-11)15(17,18)19/h3-4,7,9,21H,5-6H2,1-2H3,(H,22,24)/b10-9-. The first-order chi connectivity index (χ1) is 11.1. The molecule has 0 bridgehead atoms. The number of nitrogens with zero attached hydrogens (tertiary/aromatic N) is 2. The fourth-order valence-electron chi connectivity index (χ4n) is 1.63. The minimum atomic E-state index is -4.64. The zero-order valence-electron chi connectivity index (χ0n) is 13.0. The van der Waals surface area contributed by atoms with Crippen molar-refractivity contribution in [1.82, 2.24) is 10.2 Å². The van der Waals surface area contributed by atoms with Gasteiger partial charge in [0.05, 0.1) is 10.6 Å². The minimum Gasteiger partial charge on any atom is -0.388 e. The second-order valence-corrected chi connectivity index (χ2v) is 5.48. The van der Waals surface area contributed by atoms with Gasteiger partial charge in [0.25, 0.3) is 5.91 Å². The summed E-state index contributed by atoms with van der Waals surface area (Å²) in [5.41, 5.74) is -1.42.